The number of amides is 1. The second-order valence-electron chi connectivity index (χ2n) is 7.50. The molecule has 9 heteroatoms. The molecule has 1 aromatic heterocycles. The topological polar surface area (TPSA) is 54.9 Å². The molecule has 32 heavy (non-hydrogen) atoms. The van der Waals surface area contributed by atoms with Crippen LogP contribution in [-0.4, -0.2) is 68.0 Å². The lowest BCUT2D eigenvalue weighted by Crippen LogP contribution is -2.43. The monoisotopic (exact) mass is 475 g/mol. The predicted octanol–water partition coefficient (Wildman–Crippen LogP) is 4.21. The Bertz CT molecular complexity index is 1070. The molecule has 2 aromatic carbocycles. The molecule has 1 aliphatic rings. The highest BCUT2D eigenvalue weighted by molar-refractivity contribution is 8.00. The molecular formula is C23H26FN3O3S2. The van der Waals surface area contributed by atoms with E-state index in [1.54, 1.807) is 24.1 Å². The lowest BCUT2D eigenvalue weighted by Gasteiger charge is -2.29. The number of nitrogens with zero attached hydrogens (tertiary/aromatic N) is 3. The van der Waals surface area contributed by atoms with Gasteiger partial charge in [-0.15, -0.1) is 11.8 Å². The van der Waals surface area contributed by atoms with E-state index in [-0.39, 0.29) is 17.5 Å². The third-order valence-corrected chi connectivity index (χ3v) is 7.57. The first-order valence-corrected chi connectivity index (χ1v) is 12.3. The van der Waals surface area contributed by atoms with Crippen LogP contribution in [0, 0.1) is 12.7 Å². The van der Waals surface area contributed by atoms with Crippen LogP contribution in [0.2, 0.25) is 0 Å². The van der Waals surface area contributed by atoms with Crippen LogP contribution < -0.4 is 9.64 Å². The first-order chi connectivity index (χ1) is 15.5. The van der Waals surface area contributed by atoms with Crippen LogP contribution in [-0.2, 0) is 9.53 Å². The van der Waals surface area contributed by atoms with Gasteiger partial charge in [0.15, 0.2) is 5.13 Å². The number of hydrogen-bond donors (Lipinski definition) is 0. The normalized spacial score (nSPS) is 14.6. The first kappa shape index (κ1) is 23.0. The van der Waals surface area contributed by atoms with Crippen molar-refractivity contribution in [3.63, 3.8) is 0 Å². The minimum Gasteiger partial charge on any atom is -0.494 e. The summed E-state index contributed by atoms with van der Waals surface area (Å²) in [5.41, 5.74) is 1.88. The average molecular weight is 476 g/mol. The molecule has 0 radical (unpaired) electrons. The molecule has 1 saturated heterocycles. The zero-order valence-electron chi connectivity index (χ0n) is 18.2. The Morgan fingerprint density at radius 3 is 2.72 bits per heavy atom. The van der Waals surface area contributed by atoms with Crippen LogP contribution in [0.15, 0.2) is 41.3 Å². The largest absolute Gasteiger partial charge is 0.494 e. The van der Waals surface area contributed by atoms with Gasteiger partial charge in [0.05, 0.1) is 30.8 Å². The number of benzene rings is 2. The molecule has 2 heterocycles. The fraction of sp³-hybridized carbons (Fsp3) is 0.391. The number of morpholine rings is 1. The summed E-state index contributed by atoms with van der Waals surface area (Å²) in [5, 5.41) is 0.672. The lowest BCUT2D eigenvalue weighted by molar-refractivity contribution is -0.116. The van der Waals surface area contributed by atoms with E-state index in [4.69, 9.17) is 14.5 Å². The Labute approximate surface area is 195 Å². The summed E-state index contributed by atoms with van der Waals surface area (Å²) in [7, 11) is 1.63. The zero-order chi connectivity index (χ0) is 22.5. The van der Waals surface area contributed by atoms with Crippen LogP contribution in [0.3, 0.4) is 0 Å². The van der Waals surface area contributed by atoms with Gasteiger partial charge in [0.2, 0.25) is 5.91 Å². The number of aryl methyl sites for hydroxylation is 1. The Balaban J connectivity index is 1.56. The number of ether oxygens (including phenoxy) is 2. The molecule has 1 fully saturated rings. The molecule has 3 aromatic rings. The molecule has 0 atom stereocenters. The lowest BCUT2D eigenvalue weighted by atomic mass is 10.2. The van der Waals surface area contributed by atoms with E-state index in [2.05, 4.69) is 4.90 Å². The Morgan fingerprint density at radius 1 is 1.25 bits per heavy atom. The third-order valence-electron chi connectivity index (χ3n) is 5.36. The number of hydrogen-bond acceptors (Lipinski definition) is 7. The van der Waals surface area contributed by atoms with Crippen LogP contribution in [0.25, 0.3) is 10.2 Å². The molecular weight excluding hydrogens is 449 g/mol. The highest BCUT2D eigenvalue weighted by Gasteiger charge is 2.23. The van der Waals surface area contributed by atoms with Crippen molar-refractivity contribution < 1.29 is 18.7 Å². The number of methoxy groups -OCH3 is 1. The van der Waals surface area contributed by atoms with Gasteiger partial charge in [0.1, 0.15) is 17.1 Å². The van der Waals surface area contributed by atoms with Crippen molar-refractivity contribution in [2.45, 2.75) is 11.8 Å². The highest BCUT2D eigenvalue weighted by atomic mass is 32.2. The molecule has 0 bridgehead atoms. The molecule has 0 unspecified atom stereocenters. The Morgan fingerprint density at radius 2 is 2.00 bits per heavy atom. The Kier molecular flexibility index (Phi) is 7.62. The summed E-state index contributed by atoms with van der Waals surface area (Å²) in [4.78, 5) is 23.0. The van der Waals surface area contributed by atoms with Gasteiger partial charge in [-0.25, -0.2) is 9.37 Å². The second kappa shape index (κ2) is 10.6. The molecule has 6 nitrogen and oxygen atoms in total. The number of rotatable bonds is 8. The van der Waals surface area contributed by atoms with Crippen molar-refractivity contribution in [3.05, 3.63) is 47.8 Å². The van der Waals surface area contributed by atoms with Gasteiger partial charge in [0, 0.05) is 31.1 Å². The van der Waals surface area contributed by atoms with E-state index in [1.807, 2.05) is 19.1 Å². The number of anilines is 1. The number of carbonyl (C=O) groups excluding carboxylic acids is 1. The minimum atomic E-state index is -0.286. The average Bonchev–Trinajstić information content (AvgIpc) is 3.26. The van der Waals surface area contributed by atoms with Gasteiger partial charge in [-0.3, -0.25) is 14.6 Å². The van der Waals surface area contributed by atoms with Gasteiger partial charge in [0.25, 0.3) is 0 Å². The third kappa shape index (κ3) is 5.40. The van der Waals surface area contributed by atoms with Gasteiger partial charge >= 0.3 is 0 Å². The number of thiazole rings is 1. The second-order valence-corrected chi connectivity index (χ2v) is 9.53. The van der Waals surface area contributed by atoms with Gasteiger partial charge in [-0.05, 0) is 42.8 Å². The van der Waals surface area contributed by atoms with Gasteiger partial charge < -0.3 is 9.47 Å². The van der Waals surface area contributed by atoms with Crippen molar-refractivity contribution in [2.75, 3.05) is 57.2 Å². The van der Waals surface area contributed by atoms with E-state index >= 15 is 0 Å². The number of carbonyl (C=O) groups is 1. The first-order valence-electron chi connectivity index (χ1n) is 10.5. The molecule has 1 aliphatic heterocycles. The van der Waals surface area contributed by atoms with E-state index < -0.39 is 0 Å². The van der Waals surface area contributed by atoms with Gasteiger partial charge in [-0.2, -0.15) is 0 Å². The maximum atomic E-state index is 13.3. The number of thioether (sulfide) groups is 1. The molecule has 1 amide bonds. The van der Waals surface area contributed by atoms with Crippen molar-refractivity contribution in [1.82, 2.24) is 9.88 Å². The Hall–Kier alpha value is -2.20. The maximum absolute atomic E-state index is 13.3. The van der Waals surface area contributed by atoms with E-state index in [1.165, 1.54) is 35.2 Å². The summed E-state index contributed by atoms with van der Waals surface area (Å²) in [6.07, 6.45) is 0. The standard InChI is InChI=1S/C23H26FN3O3S2/c1-16-3-8-19(29-2)21-22(16)32-23(25-21)27(10-9-26-11-13-30-14-12-26)20(28)15-31-18-6-4-17(24)5-7-18/h3-8H,9-15H2,1-2H3. The molecule has 0 spiro atoms. The summed E-state index contributed by atoms with van der Waals surface area (Å²) in [5.74, 6) is 0.644. The maximum Gasteiger partial charge on any atom is 0.239 e. The SMILES string of the molecule is COc1ccc(C)c2sc(N(CCN3CCOCC3)C(=O)CSc3ccc(F)cc3)nc12. The molecule has 170 valence electrons. The summed E-state index contributed by atoms with van der Waals surface area (Å²) in [6, 6.07) is 10.1. The number of halogens is 1. The van der Waals surface area contributed by atoms with Crippen molar-refractivity contribution in [1.29, 1.82) is 0 Å². The van der Waals surface area contributed by atoms with E-state index in [0.29, 0.717) is 30.6 Å². The van der Waals surface area contributed by atoms with Crippen LogP contribution in [0.4, 0.5) is 9.52 Å². The number of fused-ring (bicyclic) bond motifs is 1. The smallest absolute Gasteiger partial charge is 0.239 e. The van der Waals surface area contributed by atoms with E-state index in [0.717, 1.165) is 40.3 Å². The van der Waals surface area contributed by atoms with E-state index in [9.17, 15) is 9.18 Å². The predicted molar refractivity (Wildman–Crippen MR) is 128 cm³/mol. The zero-order valence-corrected chi connectivity index (χ0v) is 19.8. The van der Waals surface area contributed by atoms with Crippen LogP contribution in [0.5, 0.6) is 5.75 Å². The minimum absolute atomic E-state index is 0.0248. The molecule has 0 saturated carbocycles. The fourth-order valence-corrected chi connectivity index (χ4v) is 5.39. The quantitative estimate of drug-likeness (QED) is 0.455. The molecule has 4 rings (SSSR count). The highest BCUT2D eigenvalue weighted by Crippen LogP contribution is 2.36. The fourth-order valence-electron chi connectivity index (χ4n) is 3.53. The van der Waals surface area contributed by atoms with Crippen molar-refractivity contribution >= 4 is 44.4 Å². The molecule has 0 aliphatic carbocycles. The molecule has 0 N–H and O–H groups in total. The summed E-state index contributed by atoms with van der Waals surface area (Å²) in [6.45, 7) is 6.48. The van der Waals surface area contributed by atoms with Crippen LogP contribution >= 0.6 is 23.1 Å². The van der Waals surface area contributed by atoms with Gasteiger partial charge in [-0.1, -0.05) is 17.4 Å². The summed E-state index contributed by atoms with van der Waals surface area (Å²) >= 11 is 2.91. The summed E-state index contributed by atoms with van der Waals surface area (Å²) < 4.78 is 25.1. The van der Waals surface area contributed by atoms with Crippen molar-refractivity contribution in [2.24, 2.45) is 0 Å². The van der Waals surface area contributed by atoms with Crippen LogP contribution in [0.1, 0.15) is 5.56 Å². The van der Waals surface area contributed by atoms with Crippen molar-refractivity contribution in [3.8, 4) is 5.75 Å². The number of aromatic nitrogens is 1.